The van der Waals surface area contributed by atoms with Crippen LogP contribution >= 0.6 is 0 Å². The Morgan fingerprint density at radius 1 is 1.40 bits per heavy atom. The number of nitrogens with zero attached hydrogens (tertiary/aromatic N) is 2. The predicted octanol–water partition coefficient (Wildman–Crippen LogP) is 1.17. The molecule has 2 rings (SSSR count). The van der Waals surface area contributed by atoms with E-state index < -0.39 is 0 Å². The average molecular weight is 276 g/mol. The summed E-state index contributed by atoms with van der Waals surface area (Å²) in [7, 11) is 0. The molecule has 5 nitrogen and oxygen atoms in total. The van der Waals surface area contributed by atoms with Crippen LogP contribution in [0.15, 0.2) is 24.4 Å². The molecule has 20 heavy (non-hydrogen) atoms. The molecule has 2 heterocycles. The summed E-state index contributed by atoms with van der Waals surface area (Å²) in [4.78, 5) is 18.1. The quantitative estimate of drug-likeness (QED) is 0.819. The fourth-order valence-electron chi connectivity index (χ4n) is 2.53. The van der Waals surface area contributed by atoms with Crippen molar-refractivity contribution in [2.24, 2.45) is 0 Å². The predicted molar refractivity (Wildman–Crippen MR) is 80.8 cm³/mol. The second kappa shape index (κ2) is 7.85. The summed E-state index contributed by atoms with van der Waals surface area (Å²) in [5.41, 5.74) is 0. The summed E-state index contributed by atoms with van der Waals surface area (Å²) in [6.45, 7) is 5.46. The molecule has 110 valence electrons. The Labute approximate surface area is 120 Å². The zero-order valence-corrected chi connectivity index (χ0v) is 12.1. The van der Waals surface area contributed by atoms with Crippen LogP contribution in [0.5, 0.6) is 0 Å². The summed E-state index contributed by atoms with van der Waals surface area (Å²) < 4.78 is 0. The van der Waals surface area contributed by atoms with E-state index in [2.05, 4.69) is 26.6 Å². The molecule has 0 atom stereocenters. The van der Waals surface area contributed by atoms with Gasteiger partial charge in [-0.15, -0.1) is 0 Å². The maximum Gasteiger partial charge on any atom is 0.221 e. The SMILES string of the molecule is CCNC(=O)CCNC1CCN(c2ccccn2)CC1. The Bertz CT molecular complexity index is 402. The smallest absolute Gasteiger partial charge is 0.221 e. The Morgan fingerprint density at radius 2 is 2.20 bits per heavy atom. The van der Waals surface area contributed by atoms with Gasteiger partial charge in [-0.2, -0.15) is 0 Å². The molecule has 1 amide bonds. The van der Waals surface area contributed by atoms with Gasteiger partial charge in [0.2, 0.25) is 5.91 Å². The third kappa shape index (κ3) is 4.49. The minimum Gasteiger partial charge on any atom is -0.357 e. The van der Waals surface area contributed by atoms with Crippen LogP contribution in [0.4, 0.5) is 5.82 Å². The molecule has 5 heteroatoms. The van der Waals surface area contributed by atoms with E-state index in [1.807, 2.05) is 25.3 Å². The highest BCUT2D eigenvalue weighted by Crippen LogP contribution is 2.17. The lowest BCUT2D eigenvalue weighted by atomic mass is 10.0. The van der Waals surface area contributed by atoms with Gasteiger partial charge in [0.05, 0.1) is 0 Å². The highest BCUT2D eigenvalue weighted by Gasteiger charge is 2.19. The lowest BCUT2D eigenvalue weighted by molar-refractivity contribution is -0.120. The molecule has 1 aromatic rings. The Morgan fingerprint density at radius 3 is 2.85 bits per heavy atom. The first-order valence-corrected chi connectivity index (χ1v) is 7.45. The second-order valence-corrected chi connectivity index (χ2v) is 5.11. The number of carbonyl (C=O) groups is 1. The van der Waals surface area contributed by atoms with E-state index in [-0.39, 0.29) is 5.91 Å². The monoisotopic (exact) mass is 276 g/mol. The number of carbonyl (C=O) groups excluding carboxylic acids is 1. The molecule has 2 N–H and O–H groups in total. The number of aromatic nitrogens is 1. The van der Waals surface area contributed by atoms with Crippen LogP contribution in [0.3, 0.4) is 0 Å². The van der Waals surface area contributed by atoms with Gasteiger partial charge in [0.25, 0.3) is 0 Å². The van der Waals surface area contributed by atoms with Gasteiger partial charge in [0.1, 0.15) is 5.82 Å². The highest BCUT2D eigenvalue weighted by atomic mass is 16.1. The van der Waals surface area contributed by atoms with Crippen molar-refractivity contribution in [3.63, 3.8) is 0 Å². The maximum atomic E-state index is 11.4. The highest BCUT2D eigenvalue weighted by molar-refractivity contribution is 5.75. The zero-order valence-electron chi connectivity index (χ0n) is 12.1. The first kappa shape index (κ1) is 14.8. The number of rotatable bonds is 6. The van der Waals surface area contributed by atoms with Gasteiger partial charge in [-0.05, 0) is 31.9 Å². The van der Waals surface area contributed by atoms with Gasteiger partial charge in [-0.3, -0.25) is 4.79 Å². The fourth-order valence-corrected chi connectivity index (χ4v) is 2.53. The van der Waals surface area contributed by atoms with Crippen molar-refractivity contribution in [3.05, 3.63) is 24.4 Å². The number of pyridine rings is 1. The summed E-state index contributed by atoms with van der Waals surface area (Å²) in [6.07, 6.45) is 4.61. The molecule has 1 saturated heterocycles. The van der Waals surface area contributed by atoms with Crippen LogP contribution in [-0.2, 0) is 4.79 Å². The number of hydrogen-bond acceptors (Lipinski definition) is 4. The number of anilines is 1. The first-order valence-electron chi connectivity index (χ1n) is 7.45. The van der Waals surface area contributed by atoms with Crippen molar-refractivity contribution in [2.45, 2.75) is 32.2 Å². The third-order valence-electron chi connectivity index (χ3n) is 3.63. The van der Waals surface area contributed by atoms with Gasteiger partial charge in [0, 0.05) is 44.8 Å². The molecule has 0 spiro atoms. The van der Waals surface area contributed by atoms with Crippen LogP contribution in [-0.4, -0.2) is 43.1 Å². The largest absolute Gasteiger partial charge is 0.357 e. The van der Waals surface area contributed by atoms with E-state index in [9.17, 15) is 4.79 Å². The van der Waals surface area contributed by atoms with Crippen LogP contribution in [0.1, 0.15) is 26.2 Å². The van der Waals surface area contributed by atoms with Crippen molar-refractivity contribution in [3.8, 4) is 0 Å². The molecular weight excluding hydrogens is 252 g/mol. The topological polar surface area (TPSA) is 57.3 Å². The number of hydrogen-bond donors (Lipinski definition) is 2. The summed E-state index contributed by atoms with van der Waals surface area (Å²) >= 11 is 0. The van der Waals surface area contributed by atoms with Crippen LogP contribution in [0.2, 0.25) is 0 Å². The van der Waals surface area contributed by atoms with Crippen molar-refractivity contribution in [1.29, 1.82) is 0 Å². The molecule has 0 aliphatic carbocycles. The standard InChI is InChI=1S/C15H24N4O/c1-2-16-15(20)6-10-17-13-7-11-19(12-8-13)14-5-3-4-9-18-14/h3-5,9,13,17H,2,6-8,10-12H2,1H3,(H,16,20). The minimum absolute atomic E-state index is 0.130. The van der Waals surface area contributed by atoms with Gasteiger partial charge in [-0.1, -0.05) is 6.07 Å². The molecule has 0 aromatic carbocycles. The molecular formula is C15H24N4O. The Balaban J connectivity index is 1.66. The number of nitrogens with one attached hydrogen (secondary N) is 2. The average Bonchev–Trinajstić information content (AvgIpc) is 2.49. The lowest BCUT2D eigenvalue weighted by Crippen LogP contribution is -2.43. The normalized spacial score (nSPS) is 16.1. The van der Waals surface area contributed by atoms with Gasteiger partial charge in [-0.25, -0.2) is 4.98 Å². The van der Waals surface area contributed by atoms with Crippen molar-refractivity contribution in [1.82, 2.24) is 15.6 Å². The van der Waals surface area contributed by atoms with Crippen molar-refractivity contribution >= 4 is 11.7 Å². The molecule has 0 unspecified atom stereocenters. The third-order valence-corrected chi connectivity index (χ3v) is 3.63. The summed E-state index contributed by atoms with van der Waals surface area (Å²) in [6, 6.07) is 6.55. The Hall–Kier alpha value is -1.62. The van der Waals surface area contributed by atoms with Gasteiger partial charge >= 0.3 is 0 Å². The molecule has 0 bridgehead atoms. The fraction of sp³-hybridized carbons (Fsp3) is 0.600. The van der Waals surface area contributed by atoms with E-state index >= 15 is 0 Å². The summed E-state index contributed by atoms with van der Waals surface area (Å²) in [5.74, 6) is 1.19. The molecule has 1 fully saturated rings. The molecule has 1 aromatic heterocycles. The molecule has 1 aliphatic rings. The van der Waals surface area contributed by atoms with E-state index in [1.165, 1.54) is 0 Å². The van der Waals surface area contributed by atoms with E-state index in [0.29, 0.717) is 19.0 Å². The Kier molecular flexibility index (Phi) is 5.80. The van der Waals surface area contributed by atoms with Crippen molar-refractivity contribution < 1.29 is 4.79 Å². The zero-order chi connectivity index (χ0) is 14.2. The van der Waals surface area contributed by atoms with Gasteiger partial charge < -0.3 is 15.5 Å². The molecule has 1 aliphatic heterocycles. The molecule has 0 radical (unpaired) electrons. The first-order chi connectivity index (χ1) is 9.79. The van der Waals surface area contributed by atoms with Crippen LogP contribution in [0, 0.1) is 0 Å². The van der Waals surface area contributed by atoms with Crippen LogP contribution < -0.4 is 15.5 Å². The minimum atomic E-state index is 0.130. The van der Waals surface area contributed by atoms with Gasteiger partial charge in [0.15, 0.2) is 0 Å². The second-order valence-electron chi connectivity index (χ2n) is 5.11. The lowest BCUT2D eigenvalue weighted by Gasteiger charge is -2.33. The van der Waals surface area contributed by atoms with E-state index in [4.69, 9.17) is 0 Å². The number of amides is 1. The summed E-state index contributed by atoms with van der Waals surface area (Å²) in [5, 5.41) is 6.29. The van der Waals surface area contributed by atoms with Crippen molar-refractivity contribution in [2.75, 3.05) is 31.1 Å². The molecule has 0 saturated carbocycles. The van der Waals surface area contributed by atoms with E-state index in [0.717, 1.165) is 38.3 Å². The van der Waals surface area contributed by atoms with E-state index in [1.54, 1.807) is 0 Å². The maximum absolute atomic E-state index is 11.4. The number of piperidine rings is 1. The van der Waals surface area contributed by atoms with Crippen LogP contribution in [0.25, 0.3) is 0 Å².